The summed E-state index contributed by atoms with van der Waals surface area (Å²) in [4.78, 5) is 3.79. The van der Waals surface area contributed by atoms with Crippen molar-refractivity contribution >= 4 is 17.0 Å². The third-order valence-corrected chi connectivity index (χ3v) is 5.36. The fourth-order valence-corrected chi connectivity index (χ4v) is 3.90. The first-order valence-electron chi connectivity index (χ1n) is 6.91. The van der Waals surface area contributed by atoms with E-state index in [1.165, 1.54) is 28.1 Å². The number of rotatable bonds is 1. The Kier molecular flexibility index (Phi) is 2.94. The highest BCUT2D eigenvalue weighted by molar-refractivity contribution is 7.13. The Hall–Kier alpha value is -1.28. The molecule has 1 nitrogen and oxygen atoms in total. The molecule has 1 unspecified atom stereocenters. The van der Waals surface area contributed by atoms with E-state index in [2.05, 4.69) is 68.4 Å². The van der Waals surface area contributed by atoms with Crippen molar-refractivity contribution in [1.29, 1.82) is 0 Å². The molecule has 2 heteroatoms. The number of benzene rings is 1. The molecule has 0 amide bonds. The van der Waals surface area contributed by atoms with E-state index in [1.54, 1.807) is 0 Å². The van der Waals surface area contributed by atoms with Gasteiger partial charge in [0.2, 0.25) is 0 Å². The van der Waals surface area contributed by atoms with Gasteiger partial charge in [0.25, 0.3) is 0 Å². The van der Waals surface area contributed by atoms with Crippen LogP contribution in [0.1, 0.15) is 38.7 Å². The Morgan fingerprint density at radius 2 is 2.05 bits per heavy atom. The second-order valence-electron chi connectivity index (χ2n) is 6.23. The summed E-state index contributed by atoms with van der Waals surface area (Å²) in [6.07, 6.45) is 1.21. The molecule has 1 aromatic carbocycles. The van der Waals surface area contributed by atoms with E-state index in [0.29, 0.717) is 5.92 Å². The van der Waals surface area contributed by atoms with Crippen LogP contribution in [0.3, 0.4) is 0 Å². The van der Waals surface area contributed by atoms with E-state index in [0.717, 1.165) is 0 Å². The molecule has 0 fully saturated rings. The zero-order valence-electron chi connectivity index (χ0n) is 12.1. The molecule has 0 bridgehead atoms. The lowest BCUT2D eigenvalue weighted by Gasteiger charge is -2.45. The minimum atomic E-state index is 0.247. The molecule has 0 saturated carbocycles. The molecule has 2 aromatic rings. The molecular weight excluding hydrogens is 250 g/mol. The summed E-state index contributed by atoms with van der Waals surface area (Å²) in [5.74, 6) is 0.626. The largest absolute Gasteiger partial charge is 0.369 e. The van der Waals surface area contributed by atoms with Crippen LogP contribution < -0.4 is 4.90 Å². The van der Waals surface area contributed by atoms with Crippen LogP contribution in [-0.4, -0.2) is 12.6 Å². The van der Waals surface area contributed by atoms with Gasteiger partial charge in [-0.25, -0.2) is 0 Å². The molecular formula is C17H21NS. The van der Waals surface area contributed by atoms with Crippen LogP contribution in [0.4, 0.5) is 5.69 Å². The van der Waals surface area contributed by atoms with Crippen molar-refractivity contribution in [3.8, 4) is 10.4 Å². The van der Waals surface area contributed by atoms with Crippen molar-refractivity contribution < 1.29 is 0 Å². The summed E-state index contributed by atoms with van der Waals surface area (Å²) >= 11 is 1.81. The van der Waals surface area contributed by atoms with Crippen LogP contribution in [0.15, 0.2) is 35.7 Å². The monoisotopic (exact) mass is 271 g/mol. The lowest BCUT2D eigenvalue weighted by molar-refractivity contribution is 0.395. The molecule has 3 rings (SSSR count). The minimum absolute atomic E-state index is 0.247. The van der Waals surface area contributed by atoms with Gasteiger partial charge in [-0.1, -0.05) is 19.1 Å². The second kappa shape index (κ2) is 4.38. The third kappa shape index (κ3) is 2.08. The van der Waals surface area contributed by atoms with Crippen molar-refractivity contribution in [2.45, 2.75) is 38.6 Å². The number of hydrogen-bond donors (Lipinski definition) is 0. The number of nitrogens with zero attached hydrogens (tertiary/aromatic N) is 1. The lowest BCUT2D eigenvalue weighted by Crippen LogP contribution is -2.45. The Bertz CT molecular complexity index is 583. The molecule has 0 N–H and O–H groups in total. The van der Waals surface area contributed by atoms with Gasteiger partial charge in [0.05, 0.1) is 0 Å². The second-order valence-corrected chi connectivity index (χ2v) is 7.18. The van der Waals surface area contributed by atoms with Crippen molar-refractivity contribution in [2.24, 2.45) is 0 Å². The van der Waals surface area contributed by atoms with Crippen molar-refractivity contribution in [3.63, 3.8) is 0 Å². The van der Waals surface area contributed by atoms with Crippen LogP contribution in [0.5, 0.6) is 0 Å². The fourth-order valence-electron chi connectivity index (χ4n) is 3.17. The van der Waals surface area contributed by atoms with Gasteiger partial charge in [-0.05, 0) is 60.9 Å². The molecule has 1 aliphatic heterocycles. The van der Waals surface area contributed by atoms with Gasteiger partial charge < -0.3 is 4.90 Å². The first-order chi connectivity index (χ1) is 8.99. The highest BCUT2D eigenvalue weighted by Gasteiger charge is 2.33. The van der Waals surface area contributed by atoms with Crippen molar-refractivity contribution in [2.75, 3.05) is 11.9 Å². The Morgan fingerprint density at radius 3 is 2.74 bits per heavy atom. The molecule has 0 radical (unpaired) electrons. The predicted octanol–water partition coefficient (Wildman–Crippen LogP) is 5.14. The summed E-state index contributed by atoms with van der Waals surface area (Å²) < 4.78 is 0. The van der Waals surface area contributed by atoms with Crippen molar-refractivity contribution in [1.82, 2.24) is 0 Å². The van der Waals surface area contributed by atoms with E-state index < -0.39 is 0 Å². The molecule has 1 atom stereocenters. The molecule has 0 spiro atoms. The zero-order valence-corrected chi connectivity index (χ0v) is 12.9. The van der Waals surface area contributed by atoms with Gasteiger partial charge >= 0.3 is 0 Å². The van der Waals surface area contributed by atoms with Gasteiger partial charge in [0, 0.05) is 23.2 Å². The quantitative estimate of drug-likeness (QED) is 0.694. The molecule has 0 saturated heterocycles. The highest BCUT2D eigenvalue weighted by atomic mass is 32.1. The average molecular weight is 271 g/mol. The van der Waals surface area contributed by atoms with Gasteiger partial charge in [-0.3, -0.25) is 0 Å². The van der Waals surface area contributed by atoms with Crippen LogP contribution in [0, 0.1) is 0 Å². The number of hydrogen-bond acceptors (Lipinski definition) is 2. The summed E-state index contributed by atoms with van der Waals surface area (Å²) in [5.41, 5.74) is 4.49. The van der Waals surface area contributed by atoms with E-state index in [4.69, 9.17) is 0 Å². The maximum absolute atomic E-state index is 2.43. The van der Waals surface area contributed by atoms with Gasteiger partial charge in [-0.15, -0.1) is 11.3 Å². The van der Waals surface area contributed by atoms with Gasteiger partial charge in [0.15, 0.2) is 0 Å². The normalized spacial score (nSPS) is 21.3. The molecule has 2 heterocycles. The predicted molar refractivity (Wildman–Crippen MR) is 85.3 cm³/mol. The maximum atomic E-state index is 2.43. The summed E-state index contributed by atoms with van der Waals surface area (Å²) in [6.45, 7) is 7.02. The Labute approximate surface area is 119 Å². The highest BCUT2D eigenvalue weighted by Crippen LogP contribution is 2.44. The maximum Gasteiger partial charge on any atom is 0.0403 e. The van der Waals surface area contributed by atoms with E-state index in [-0.39, 0.29) is 5.54 Å². The number of thiophene rings is 1. The van der Waals surface area contributed by atoms with Crippen LogP contribution in [0.2, 0.25) is 0 Å². The van der Waals surface area contributed by atoms with E-state index in [1.807, 2.05) is 11.3 Å². The fraction of sp³-hybridized carbons (Fsp3) is 0.412. The van der Waals surface area contributed by atoms with Gasteiger partial charge in [-0.2, -0.15) is 0 Å². The third-order valence-electron chi connectivity index (χ3n) is 4.44. The molecule has 100 valence electrons. The Balaban J connectivity index is 2.09. The van der Waals surface area contributed by atoms with E-state index in [9.17, 15) is 0 Å². The Morgan fingerprint density at radius 1 is 1.26 bits per heavy atom. The van der Waals surface area contributed by atoms with Crippen LogP contribution >= 0.6 is 11.3 Å². The van der Waals surface area contributed by atoms with Crippen molar-refractivity contribution in [3.05, 3.63) is 41.3 Å². The smallest absolute Gasteiger partial charge is 0.0403 e. The van der Waals surface area contributed by atoms with Crippen LogP contribution in [0.25, 0.3) is 10.4 Å². The summed E-state index contributed by atoms with van der Waals surface area (Å²) in [7, 11) is 2.22. The first kappa shape index (κ1) is 12.7. The molecule has 1 aromatic heterocycles. The summed E-state index contributed by atoms with van der Waals surface area (Å²) in [6, 6.07) is 11.3. The standard InChI is InChI=1S/C17H21NS/c1-12-11-17(2,3)18(4)15-8-7-13(10-14(12)15)16-6-5-9-19-16/h5-10,12H,11H2,1-4H3. The molecule has 19 heavy (non-hydrogen) atoms. The topological polar surface area (TPSA) is 3.24 Å². The van der Waals surface area contributed by atoms with Crippen LogP contribution in [-0.2, 0) is 0 Å². The SMILES string of the molecule is CC1CC(C)(C)N(C)c2ccc(-c3cccs3)cc21. The molecule has 1 aliphatic rings. The molecule has 0 aliphatic carbocycles. The lowest BCUT2D eigenvalue weighted by atomic mass is 9.80. The average Bonchev–Trinajstić information content (AvgIpc) is 2.89. The summed E-state index contributed by atoms with van der Waals surface area (Å²) in [5, 5.41) is 2.15. The number of fused-ring (bicyclic) bond motifs is 1. The van der Waals surface area contributed by atoms with E-state index >= 15 is 0 Å². The minimum Gasteiger partial charge on any atom is -0.369 e. The first-order valence-corrected chi connectivity index (χ1v) is 7.79. The van der Waals surface area contributed by atoms with Gasteiger partial charge in [0.1, 0.15) is 0 Å². The number of anilines is 1. The zero-order chi connectivity index (χ0) is 13.6.